The highest BCUT2D eigenvalue weighted by Gasteiger charge is 2.30. The molecule has 1 saturated heterocycles. The van der Waals surface area contributed by atoms with Crippen LogP contribution in [0.4, 0.5) is 0 Å². The summed E-state index contributed by atoms with van der Waals surface area (Å²) >= 11 is 0. The second-order valence-corrected chi connectivity index (χ2v) is 5.62. The number of carbonyl (C=O) groups is 1. The Hall–Kier alpha value is -1.75. The molecule has 0 spiro atoms. The molecule has 1 aliphatic rings. The molecule has 1 aromatic rings. The Morgan fingerprint density at radius 1 is 1.29 bits per heavy atom. The Kier molecular flexibility index (Phi) is 5.07. The molecule has 116 valence electrons. The maximum Gasteiger partial charge on any atom is 0.225 e. The van der Waals surface area contributed by atoms with Crippen molar-refractivity contribution in [2.75, 3.05) is 34.4 Å². The van der Waals surface area contributed by atoms with E-state index >= 15 is 0 Å². The average Bonchev–Trinajstić information content (AvgIpc) is 2.43. The van der Waals surface area contributed by atoms with E-state index in [2.05, 4.69) is 5.32 Å². The van der Waals surface area contributed by atoms with E-state index in [9.17, 15) is 4.79 Å². The molecule has 1 aromatic carbocycles. The normalized spacial score (nSPS) is 16.0. The lowest BCUT2D eigenvalue weighted by Gasteiger charge is -2.34. The van der Waals surface area contributed by atoms with Gasteiger partial charge in [-0.2, -0.15) is 0 Å². The summed E-state index contributed by atoms with van der Waals surface area (Å²) in [6.45, 7) is 4.44. The van der Waals surface area contributed by atoms with E-state index in [0.717, 1.165) is 30.2 Å². The van der Waals surface area contributed by atoms with Crippen molar-refractivity contribution in [3.8, 4) is 11.5 Å². The average molecular weight is 292 g/mol. The molecule has 1 aliphatic heterocycles. The molecule has 0 aliphatic carbocycles. The zero-order valence-corrected chi connectivity index (χ0v) is 13.2. The summed E-state index contributed by atoms with van der Waals surface area (Å²) in [5.41, 5.74) is 1.00. The monoisotopic (exact) mass is 292 g/mol. The first-order valence-electron chi connectivity index (χ1n) is 7.22. The lowest BCUT2D eigenvalue weighted by Crippen LogP contribution is -2.49. The Balaban J connectivity index is 2.04. The molecule has 0 bridgehead atoms. The van der Waals surface area contributed by atoms with E-state index in [-0.39, 0.29) is 11.8 Å². The molecule has 0 aromatic heterocycles. The third-order valence-electron chi connectivity index (χ3n) is 4.12. The van der Waals surface area contributed by atoms with Crippen LogP contribution in [0.1, 0.15) is 12.5 Å². The quantitative estimate of drug-likeness (QED) is 0.863. The lowest BCUT2D eigenvalue weighted by molar-refractivity contribution is -0.136. The molecule has 1 atom stereocenters. The van der Waals surface area contributed by atoms with Gasteiger partial charge in [0.05, 0.1) is 14.2 Å². The zero-order valence-electron chi connectivity index (χ0n) is 13.2. The van der Waals surface area contributed by atoms with Crippen molar-refractivity contribution < 1.29 is 14.3 Å². The highest BCUT2D eigenvalue weighted by Crippen LogP contribution is 2.24. The first-order chi connectivity index (χ1) is 10.0. The van der Waals surface area contributed by atoms with Gasteiger partial charge in [0, 0.05) is 25.6 Å². The summed E-state index contributed by atoms with van der Waals surface area (Å²) in [6, 6.07) is 5.69. The van der Waals surface area contributed by atoms with Crippen molar-refractivity contribution in [1.82, 2.24) is 10.2 Å². The molecule has 1 heterocycles. The topological polar surface area (TPSA) is 50.8 Å². The predicted molar refractivity (Wildman–Crippen MR) is 81.5 cm³/mol. The summed E-state index contributed by atoms with van der Waals surface area (Å²) < 4.78 is 10.5. The van der Waals surface area contributed by atoms with Crippen molar-refractivity contribution in [3.63, 3.8) is 0 Å². The van der Waals surface area contributed by atoms with Gasteiger partial charge in [0.15, 0.2) is 0 Å². The molecule has 1 unspecified atom stereocenters. The number of carbonyl (C=O) groups excluding carboxylic acids is 1. The third-order valence-corrected chi connectivity index (χ3v) is 4.12. The Bertz CT molecular complexity index is 478. The maximum atomic E-state index is 12.4. The minimum absolute atomic E-state index is 0.0590. The number of nitrogens with zero attached hydrogens (tertiary/aromatic N) is 1. The van der Waals surface area contributed by atoms with Gasteiger partial charge in [-0.1, -0.05) is 6.92 Å². The predicted octanol–water partition coefficient (Wildman–Crippen LogP) is 1.52. The molecule has 2 rings (SSSR count). The maximum absolute atomic E-state index is 12.4. The summed E-state index contributed by atoms with van der Waals surface area (Å²) in [5.74, 6) is 2.18. The van der Waals surface area contributed by atoms with E-state index in [0.29, 0.717) is 12.5 Å². The summed E-state index contributed by atoms with van der Waals surface area (Å²) in [4.78, 5) is 14.2. The minimum Gasteiger partial charge on any atom is -0.497 e. The molecule has 1 N–H and O–H groups in total. The second-order valence-electron chi connectivity index (χ2n) is 5.62. The fraction of sp³-hybridized carbons (Fsp3) is 0.562. The smallest absolute Gasteiger partial charge is 0.225 e. The molecule has 1 fully saturated rings. The summed E-state index contributed by atoms with van der Waals surface area (Å²) in [5, 5.41) is 3.21. The van der Waals surface area contributed by atoms with Crippen molar-refractivity contribution >= 4 is 5.91 Å². The number of methoxy groups -OCH3 is 2. The fourth-order valence-corrected chi connectivity index (χ4v) is 2.52. The van der Waals surface area contributed by atoms with Crippen LogP contribution in [0.25, 0.3) is 0 Å². The number of hydrogen-bond acceptors (Lipinski definition) is 4. The van der Waals surface area contributed by atoms with Gasteiger partial charge < -0.3 is 19.7 Å². The number of nitrogens with one attached hydrogen (secondary N) is 1. The van der Waals surface area contributed by atoms with Crippen molar-refractivity contribution in [3.05, 3.63) is 23.8 Å². The van der Waals surface area contributed by atoms with Gasteiger partial charge >= 0.3 is 0 Å². The van der Waals surface area contributed by atoms with Gasteiger partial charge in [-0.05, 0) is 36.7 Å². The lowest BCUT2D eigenvalue weighted by atomic mass is 9.88. The molecule has 5 nitrogen and oxygen atoms in total. The minimum atomic E-state index is 0.0590. The Morgan fingerprint density at radius 2 is 1.86 bits per heavy atom. The number of benzene rings is 1. The molecular weight excluding hydrogens is 268 g/mol. The van der Waals surface area contributed by atoms with E-state index < -0.39 is 0 Å². The van der Waals surface area contributed by atoms with Crippen LogP contribution in [0.5, 0.6) is 11.5 Å². The van der Waals surface area contributed by atoms with Crippen LogP contribution >= 0.6 is 0 Å². The number of ether oxygens (including phenoxy) is 2. The van der Waals surface area contributed by atoms with E-state index in [1.54, 1.807) is 19.1 Å². The van der Waals surface area contributed by atoms with Crippen LogP contribution in [0, 0.1) is 11.8 Å². The first-order valence-corrected chi connectivity index (χ1v) is 7.22. The van der Waals surface area contributed by atoms with Gasteiger partial charge in [-0.25, -0.2) is 0 Å². The zero-order chi connectivity index (χ0) is 15.4. The van der Waals surface area contributed by atoms with Crippen LogP contribution in [-0.4, -0.2) is 45.2 Å². The molecule has 5 heteroatoms. The van der Waals surface area contributed by atoms with Gasteiger partial charge in [-0.15, -0.1) is 0 Å². The summed E-state index contributed by atoms with van der Waals surface area (Å²) in [6.07, 6.45) is 0. The third kappa shape index (κ3) is 3.67. The van der Waals surface area contributed by atoms with Gasteiger partial charge in [0.1, 0.15) is 11.5 Å². The van der Waals surface area contributed by atoms with E-state index in [1.165, 1.54) is 0 Å². The highest BCUT2D eigenvalue weighted by atomic mass is 16.5. The molecule has 21 heavy (non-hydrogen) atoms. The fourth-order valence-electron chi connectivity index (χ4n) is 2.52. The standard InChI is InChI=1S/C16H24N2O3/c1-11(13-8-17-9-13)16(19)18(2)10-12-5-14(20-3)7-15(6-12)21-4/h5-7,11,13,17H,8-10H2,1-4H3. The Morgan fingerprint density at radius 3 is 2.29 bits per heavy atom. The van der Waals surface area contributed by atoms with E-state index in [1.807, 2.05) is 32.2 Å². The van der Waals surface area contributed by atoms with Crippen molar-refractivity contribution in [2.45, 2.75) is 13.5 Å². The molecule has 0 radical (unpaired) electrons. The van der Waals surface area contributed by atoms with Crippen LogP contribution < -0.4 is 14.8 Å². The van der Waals surface area contributed by atoms with Crippen LogP contribution in [-0.2, 0) is 11.3 Å². The van der Waals surface area contributed by atoms with Crippen LogP contribution in [0.3, 0.4) is 0 Å². The molecule has 1 amide bonds. The summed E-state index contributed by atoms with van der Waals surface area (Å²) in [7, 11) is 5.09. The number of rotatable bonds is 6. The van der Waals surface area contributed by atoms with E-state index in [4.69, 9.17) is 9.47 Å². The first kappa shape index (κ1) is 15.6. The molecule has 0 saturated carbocycles. The highest BCUT2D eigenvalue weighted by molar-refractivity contribution is 5.78. The largest absolute Gasteiger partial charge is 0.497 e. The van der Waals surface area contributed by atoms with Gasteiger partial charge in [0.2, 0.25) is 5.91 Å². The van der Waals surface area contributed by atoms with Crippen LogP contribution in [0.15, 0.2) is 18.2 Å². The second kappa shape index (κ2) is 6.80. The Labute approximate surface area is 126 Å². The number of hydrogen-bond donors (Lipinski definition) is 1. The SMILES string of the molecule is COc1cc(CN(C)C(=O)C(C)C2CNC2)cc(OC)c1. The van der Waals surface area contributed by atoms with Crippen LogP contribution in [0.2, 0.25) is 0 Å². The van der Waals surface area contributed by atoms with Crippen molar-refractivity contribution in [1.29, 1.82) is 0 Å². The van der Waals surface area contributed by atoms with Gasteiger partial charge in [-0.3, -0.25) is 4.79 Å². The van der Waals surface area contributed by atoms with Crippen molar-refractivity contribution in [2.24, 2.45) is 11.8 Å². The van der Waals surface area contributed by atoms with Gasteiger partial charge in [0.25, 0.3) is 0 Å². The molecular formula is C16H24N2O3. The number of amides is 1.